The zero-order valence-electron chi connectivity index (χ0n) is 13.4. The van der Waals surface area contributed by atoms with Crippen molar-refractivity contribution in [2.45, 2.75) is 68.9 Å². The average Bonchev–Trinajstić information content (AvgIpc) is 2.41. The molecule has 1 aliphatic carbocycles. The average molecular weight is 312 g/mol. The highest BCUT2D eigenvalue weighted by molar-refractivity contribution is 5.76. The lowest BCUT2D eigenvalue weighted by atomic mass is 9.92. The van der Waals surface area contributed by atoms with E-state index in [1.807, 2.05) is 7.05 Å². The smallest absolute Gasteiger partial charge is 0.222 e. The zero-order chi connectivity index (χ0) is 15.5. The summed E-state index contributed by atoms with van der Waals surface area (Å²) in [5.74, 6) is 0.115. The van der Waals surface area contributed by atoms with Crippen LogP contribution in [0, 0.1) is 0 Å². The molecule has 6 heteroatoms. The normalized spacial score (nSPS) is 37.5. The maximum atomic E-state index is 12.0. The number of rotatable bonds is 3. The highest BCUT2D eigenvalue weighted by Crippen LogP contribution is 2.27. The highest BCUT2D eigenvalue weighted by atomic mass is 16.5. The van der Waals surface area contributed by atoms with E-state index in [0.29, 0.717) is 32.2 Å². The minimum absolute atomic E-state index is 0.00671. The lowest BCUT2D eigenvalue weighted by molar-refractivity contribution is -0.153. The van der Waals surface area contributed by atoms with E-state index in [4.69, 9.17) is 9.47 Å². The standard InChI is InChI=1S/C16H28N2O4/c1-18-8-12(19)9-21-10-15-14(18)6-5-13(22-15)7-16(20)17-11-3-2-4-11/h11-15,19H,2-10H2,1H3,(H,17,20)/t12-,13+,14-,15+/m0/s1. The van der Waals surface area contributed by atoms with Gasteiger partial charge in [0.15, 0.2) is 0 Å². The van der Waals surface area contributed by atoms with Crippen LogP contribution in [0.3, 0.4) is 0 Å². The molecule has 1 saturated carbocycles. The number of fused-ring (bicyclic) bond motifs is 1. The number of carbonyl (C=O) groups excluding carboxylic acids is 1. The van der Waals surface area contributed by atoms with Gasteiger partial charge in [0, 0.05) is 18.6 Å². The summed E-state index contributed by atoms with van der Waals surface area (Å²) in [4.78, 5) is 14.2. The molecule has 0 aromatic carbocycles. The van der Waals surface area contributed by atoms with E-state index in [1.54, 1.807) is 0 Å². The number of hydrogen-bond donors (Lipinski definition) is 2. The molecule has 1 amide bonds. The van der Waals surface area contributed by atoms with Gasteiger partial charge in [-0.3, -0.25) is 9.69 Å². The SMILES string of the molecule is CN1C[C@H](O)COC[C@H]2O[C@@H](CC(=O)NC3CCC3)CC[C@@H]21. The van der Waals surface area contributed by atoms with Crippen LogP contribution in [-0.2, 0) is 14.3 Å². The van der Waals surface area contributed by atoms with Gasteiger partial charge < -0.3 is 19.9 Å². The fourth-order valence-electron chi connectivity index (χ4n) is 3.64. The molecule has 2 N–H and O–H groups in total. The van der Waals surface area contributed by atoms with Gasteiger partial charge in [-0.15, -0.1) is 0 Å². The van der Waals surface area contributed by atoms with Crippen LogP contribution in [0.25, 0.3) is 0 Å². The number of hydrogen-bond acceptors (Lipinski definition) is 5. The molecule has 3 fully saturated rings. The Labute approximate surface area is 132 Å². The van der Waals surface area contributed by atoms with Crippen molar-refractivity contribution in [3.63, 3.8) is 0 Å². The van der Waals surface area contributed by atoms with Gasteiger partial charge in [-0.2, -0.15) is 0 Å². The number of carbonyl (C=O) groups is 1. The van der Waals surface area contributed by atoms with Crippen LogP contribution in [0.4, 0.5) is 0 Å². The maximum absolute atomic E-state index is 12.0. The van der Waals surface area contributed by atoms with Gasteiger partial charge in [-0.1, -0.05) is 0 Å². The molecule has 0 aromatic heterocycles. The third-order valence-electron chi connectivity index (χ3n) is 5.12. The Kier molecular flexibility index (Phi) is 5.33. The molecule has 3 aliphatic rings. The number of aliphatic hydroxyl groups excluding tert-OH is 1. The molecule has 0 spiro atoms. The number of nitrogens with one attached hydrogen (secondary N) is 1. The fourth-order valence-corrected chi connectivity index (χ4v) is 3.64. The molecular weight excluding hydrogens is 284 g/mol. The predicted molar refractivity (Wildman–Crippen MR) is 81.5 cm³/mol. The summed E-state index contributed by atoms with van der Waals surface area (Å²) in [6.07, 6.45) is 5.33. The monoisotopic (exact) mass is 312 g/mol. The van der Waals surface area contributed by atoms with Crippen LogP contribution in [0.15, 0.2) is 0 Å². The molecule has 6 nitrogen and oxygen atoms in total. The molecule has 22 heavy (non-hydrogen) atoms. The van der Waals surface area contributed by atoms with Gasteiger partial charge in [-0.05, 0) is 39.2 Å². The van der Waals surface area contributed by atoms with E-state index in [2.05, 4.69) is 10.2 Å². The Morgan fingerprint density at radius 3 is 2.82 bits per heavy atom. The van der Waals surface area contributed by atoms with E-state index < -0.39 is 6.10 Å². The van der Waals surface area contributed by atoms with Gasteiger partial charge in [0.25, 0.3) is 0 Å². The topological polar surface area (TPSA) is 71.0 Å². The van der Waals surface area contributed by atoms with Crippen LogP contribution in [0.2, 0.25) is 0 Å². The van der Waals surface area contributed by atoms with Crippen LogP contribution >= 0.6 is 0 Å². The van der Waals surface area contributed by atoms with E-state index in [1.165, 1.54) is 6.42 Å². The Hall–Kier alpha value is -0.690. The largest absolute Gasteiger partial charge is 0.389 e. The molecule has 4 atom stereocenters. The first-order valence-corrected chi connectivity index (χ1v) is 8.52. The molecule has 0 bridgehead atoms. The first-order valence-electron chi connectivity index (χ1n) is 8.52. The summed E-state index contributed by atoms with van der Waals surface area (Å²) in [6.45, 7) is 1.45. The second-order valence-electron chi connectivity index (χ2n) is 6.97. The van der Waals surface area contributed by atoms with Crippen LogP contribution in [-0.4, -0.2) is 73.1 Å². The molecule has 2 saturated heterocycles. The number of aliphatic hydroxyl groups is 1. The number of likely N-dealkylation sites (N-methyl/N-ethyl adjacent to an activating group) is 1. The molecule has 0 aromatic rings. The Morgan fingerprint density at radius 1 is 1.27 bits per heavy atom. The van der Waals surface area contributed by atoms with E-state index in [0.717, 1.165) is 25.7 Å². The van der Waals surface area contributed by atoms with Gasteiger partial charge in [0.1, 0.15) is 0 Å². The van der Waals surface area contributed by atoms with Crippen molar-refractivity contribution < 1.29 is 19.4 Å². The molecule has 3 rings (SSSR count). The summed E-state index contributed by atoms with van der Waals surface area (Å²) in [6, 6.07) is 0.655. The summed E-state index contributed by atoms with van der Waals surface area (Å²) >= 11 is 0. The van der Waals surface area contributed by atoms with Gasteiger partial charge in [0.2, 0.25) is 5.91 Å². The fraction of sp³-hybridized carbons (Fsp3) is 0.938. The summed E-state index contributed by atoms with van der Waals surface area (Å²) in [7, 11) is 2.03. The third kappa shape index (κ3) is 3.98. The Bertz CT molecular complexity index is 388. The quantitative estimate of drug-likeness (QED) is 0.783. The number of ether oxygens (including phenoxy) is 2. The molecular formula is C16H28N2O4. The minimum atomic E-state index is -0.433. The summed E-state index contributed by atoms with van der Waals surface area (Å²) in [5, 5.41) is 12.9. The van der Waals surface area contributed by atoms with Crippen LogP contribution in [0.1, 0.15) is 38.5 Å². The lowest BCUT2D eigenvalue weighted by Gasteiger charge is -2.43. The van der Waals surface area contributed by atoms with Crippen molar-refractivity contribution in [2.75, 3.05) is 26.8 Å². The summed E-state index contributed by atoms with van der Waals surface area (Å²) in [5.41, 5.74) is 0. The maximum Gasteiger partial charge on any atom is 0.222 e. The summed E-state index contributed by atoms with van der Waals surface area (Å²) < 4.78 is 11.7. The van der Waals surface area contributed by atoms with Crippen molar-refractivity contribution in [3.8, 4) is 0 Å². The molecule has 126 valence electrons. The molecule has 0 radical (unpaired) electrons. The first-order chi connectivity index (χ1) is 10.6. The van der Waals surface area contributed by atoms with Gasteiger partial charge >= 0.3 is 0 Å². The molecule has 2 heterocycles. The van der Waals surface area contributed by atoms with Gasteiger partial charge in [0.05, 0.1) is 37.9 Å². The number of β-amino-alcohol motifs (C(OH)–C–C–N with tert-alkyl or cyclic N) is 1. The number of nitrogens with zero attached hydrogens (tertiary/aromatic N) is 1. The Morgan fingerprint density at radius 2 is 2.09 bits per heavy atom. The van der Waals surface area contributed by atoms with Gasteiger partial charge in [-0.25, -0.2) is 0 Å². The lowest BCUT2D eigenvalue weighted by Crippen LogP contribution is -2.54. The van der Waals surface area contributed by atoms with Crippen molar-refractivity contribution >= 4 is 5.91 Å². The molecule has 0 unspecified atom stereocenters. The van der Waals surface area contributed by atoms with E-state index in [9.17, 15) is 9.90 Å². The minimum Gasteiger partial charge on any atom is -0.389 e. The van der Waals surface area contributed by atoms with E-state index in [-0.39, 0.29) is 24.2 Å². The van der Waals surface area contributed by atoms with Crippen LogP contribution in [0.5, 0.6) is 0 Å². The zero-order valence-corrected chi connectivity index (χ0v) is 13.4. The second-order valence-corrected chi connectivity index (χ2v) is 6.97. The predicted octanol–water partition coefficient (Wildman–Crippen LogP) is 0.284. The van der Waals surface area contributed by atoms with Crippen molar-refractivity contribution in [1.29, 1.82) is 0 Å². The van der Waals surface area contributed by atoms with Crippen molar-refractivity contribution in [3.05, 3.63) is 0 Å². The van der Waals surface area contributed by atoms with E-state index >= 15 is 0 Å². The Balaban J connectivity index is 1.49. The number of amides is 1. The van der Waals surface area contributed by atoms with Crippen molar-refractivity contribution in [2.24, 2.45) is 0 Å². The second kappa shape index (κ2) is 7.25. The highest BCUT2D eigenvalue weighted by Gasteiger charge is 2.36. The molecule has 2 aliphatic heterocycles. The third-order valence-corrected chi connectivity index (χ3v) is 5.12. The first kappa shape index (κ1) is 16.2. The van der Waals surface area contributed by atoms with Crippen molar-refractivity contribution in [1.82, 2.24) is 10.2 Å². The van der Waals surface area contributed by atoms with Crippen LogP contribution < -0.4 is 5.32 Å².